The first-order chi connectivity index (χ1) is 21.2. The van der Waals surface area contributed by atoms with Crippen LogP contribution < -0.4 is 16.0 Å². The second kappa shape index (κ2) is 15.9. The Morgan fingerprint density at radius 3 is 2.36 bits per heavy atom. The maximum Gasteiger partial charge on any atom is 0.325 e. The average Bonchev–Trinajstić information content (AvgIpc) is 3.53. The lowest BCUT2D eigenvalue weighted by Crippen LogP contribution is -2.55. The lowest BCUT2D eigenvalue weighted by molar-refractivity contribution is -0.140. The number of nitrogens with zero attached hydrogens (tertiary/aromatic N) is 1. The molecule has 2 aromatic carbocycles. The van der Waals surface area contributed by atoms with Crippen LogP contribution in [0.5, 0.6) is 0 Å². The number of likely N-dealkylation sites (tertiary alicyclic amines) is 1. The van der Waals surface area contributed by atoms with Crippen molar-refractivity contribution in [3.8, 4) is 0 Å². The molecule has 1 unspecified atom stereocenters. The van der Waals surface area contributed by atoms with Crippen molar-refractivity contribution in [3.63, 3.8) is 0 Å². The SMILES string of the molecule is COC(=O)CNC(=O)SC(NC(=O)[C@@H]1CCCN1C(=O)[C@@H](CC1CCCCC1)NC(=O)c1ccc2ccccc2c1)C(C)C. The van der Waals surface area contributed by atoms with Crippen LogP contribution in [-0.4, -0.2) is 71.5 Å². The van der Waals surface area contributed by atoms with E-state index in [4.69, 9.17) is 0 Å². The average molecular weight is 625 g/mol. The predicted octanol–water partition coefficient (Wildman–Crippen LogP) is 4.61. The molecule has 10 nitrogen and oxygen atoms in total. The van der Waals surface area contributed by atoms with Gasteiger partial charge in [0, 0.05) is 12.1 Å². The van der Waals surface area contributed by atoms with Gasteiger partial charge in [-0.05, 0) is 65.8 Å². The summed E-state index contributed by atoms with van der Waals surface area (Å²) in [6.07, 6.45) is 7.14. The van der Waals surface area contributed by atoms with Gasteiger partial charge < -0.3 is 25.6 Å². The van der Waals surface area contributed by atoms with Gasteiger partial charge in [0.2, 0.25) is 11.8 Å². The zero-order valence-electron chi connectivity index (χ0n) is 25.8. The van der Waals surface area contributed by atoms with Crippen molar-refractivity contribution in [1.29, 1.82) is 0 Å². The van der Waals surface area contributed by atoms with E-state index in [9.17, 15) is 24.0 Å². The van der Waals surface area contributed by atoms with E-state index in [-0.39, 0.29) is 30.2 Å². The molecule has 3 N–H and O–H groups in total. The summed E-state index contributed by atoms with van der Waals surface area (Å²) in [5.41, 5.74) is 0.489. The monoisotopic (exact) mass is 624 g/mol. The largest absolute Gasteiger partial charge is 0.468 e. The molecule has 1 saturated heterocycles. The normalized spacial score (nSPS) is 18.5. The molecule has 4 rings (SSSR count). The third kappa shape index (κ3) is 8.97. The molecule has 1 heterocycles. The van der Waals surface area contributed by atoms with Gasteiger partial charge in [0.1, 0.15) is 18.6 Å². The Kier molecular flexibility index (Phi) is 12.1. The van der Waals surface area contributed by atoms with Crippen LogP contribution in [0.1, 0.15) is 75.6 Å². The number of hydrogen-bond acceptors (Lipinski definition) is 7. The van der Waals surface area contributed by atoms with E-state index in [0.29, 0.717) is 37.3 Å². The molecule has 1 aliphatic carbocycles. The molecule has 44 heavy (non-hydrogen) atoms. The molecule has 2 aromatic rings. The fraction of sp³-hybridized carbons (Fsp3) is 0.545. The van der Waals surface area contributed by atoms with Crippen LogP contribution in [0, 0.1) is 11.8 Å². The first-order valence-electron chi connectivity index (χ1n) is 15.6. The Hall–Kier alpha value is -3.60. The number of fused-ring (bicyclic) bond motifs is 1. The lowest BCUT2D eigenvalue weighted by Gasteiger charge is -2.32. The molecule has 0 spiro atoms. The summed E-state index contributed by atoms with van der Waals surface area (Å²) < 4.78 is 4.56. The van der Waals surface area contributed by atoms with Crippen LogP contribution in [0.3, 0.4) is 0 Å². The van der Waals surface area contributed by atoms with Gasteiger partial charge in [-0.3, -0.25) is 24.0 Å². The Bertz CT molecular complexity index is 1340. The van der Waals surface area contributed by atoms with Gasteiger partial charge in [-0.2, -0.15) is 0 Å². The van der Waals surface area contributed by atoms with Crippen LogP contribution >= 0.6 is 11.8 Å². The molecule has 0 radical (unpaired) electrons. The standard InChI is InChI=1S/C33H44N4O6S/c1-21(2)31(44-33(42)34-20-28(38)43-3)36-30(40)27-14-9-17-37(27)32(41)26(18-22-10-5-4-6-11-22)35-29(39)25-16-15-23-12-7-8-13-24(23)19-25/h7-8,12-13,15-16,19,21-22,26-27,31H,4-6,9-11,14,17-18,20H2,1-3H3,(H,34,42)(H,35,39)(H,36,40)/t26-,27+,31?/m1/s1. The van der Waals surface area contributed by atoms with E-state index in [0.717, 1.165) is 48.2 Å². The van der Waals surface area contributed by atoms with E-state index in [1.807, 2.05) is 50.2 Å². The molecule has 0 bridgehead atoms. The van der Waals surface area contributed by atoms with Crippen molar-refractivity contribution < 1.29 is 28.7 Å². The first-order valence-corrected chi connectivity index (χ1v) is 16.5. The van der Waals surface area contributed by atoms with Crippen molar-refractivity contribution in [3.05, 3.63) is 48.0 Å². The number of esters is 1. The summed E-state index contributed by atoms with van der Waals surface area (Å²) in [5.74, 6) is -1.22. The highest BCUT2D eigenvalue weighted by atomic mass is 32.2. The highest BCUT2D eigenvalue weighted by molar-refractivity contribution is 8.14. The number of ether oxygens (including phenoxy) is 1. The van der Waals surface area contributed by atoms with Crippen molar-refractivity contribution >= 4 is 51.5 Å². The lowest BCUT2D eigenvalue weighted by atomic mass is 9.84. The minimum Gasteiger partial charge on any atom is -0.468 e. The molecule has 3 atom stereocenters. The number of amides is 4. The molecule has 11 heteroatoms. The molecular weight excluding hydrogens is 580 g/mol. The summed E-state index contributed by atoms with van der Waals surface area (Å²) in [5, 5.41) is 9.41. The summed E-state index contributed by atoms with van der Waals surface area (Å²) in [4.78, 5) is 66.5. The molecule has 0 aromatic heterocycles. The summed E-state index contributed by atoms with van der Waals surface area (Å²) in [6, 6.07) is 11.9. The van der Waals surface area contributed by atoms with Gasteiger partial charge in [-0.25, -0.2) is 0 Å². The molecule has 1 saturated carbocycles. The number of carbonyl (C=O) groups excluding carboxylic acids is 5. The van der Waals surface area contributed by atoms with Gasteiger partial charge in [-0.15, -0.1) is 0 Å². The quantitative estimate of drug-likeness (QED) is 0.246. The zero-order valence-corrected chi connectivity index (χ0v) is 26.6. The number of hydrogen-bond donors (Lipinski definition) is 3. The second-order valence-electron chi connectivity index (χ2n) is 12.0. The van der Waals surface area contributed by atoms with E-state index >= 15 is 0 Å². The van der Waals surface area contributed by atoms with Gasteiger partial charge in [0.05, 0.1) is 12.5 Å². The van der Waals surface area contributed by atoms with Crippen LogP contribution in [0.25, 0.3) is 10.8 Å². The van der Waals surface area contributed by atoms with Crippen LogP contribution in [-0.2, 0) is 19.1 Å². The molecule has 1 aliphatic heterocycles. The maximum absolute atomic E-state index is 14.1. The van der Waals surface area contributed by atoms with E-state index in [1.54, 1.807) is 11.0 Å². The molecule has 2 aliphatic rings. The highest BCUT2D eigenvalue weighted by Gasteiger charge is 2.39. The third-order valence-corrected chi connectivity index (χ3v) is 9.75. The smallest absolute Gasteiger partial charge is 0.325 e. The van der Waals surface area contributed by atoms with Crippen LogP contribution in [0.15, 0.2) is 42.5 Å². The Balaban J connectivity index is 1.46. The molecular formula is C33H44N4O6S. The number of thioether (sulfide) groups is 1. The minimum absolute atomic E-state index is 0.0985. The van der Waals surface area contributed by atoms with Crippen LogP contribution in [0.2, 0.25) is 0 Å². The molecule has 4 amide bonds. The van der Waals surface area contributed by atoms with Crippen molar-refractivity contribution in [2.45, 2.75) is 82.7 Å². The topological polar surface area (TPSA) is 134 Å². The Morgan fingerprint density at radius 1 is 0.932 bits per heavy atom. The van der Waals surface area contributed by atoms with Crippen molar-refractivity contribution in [2.24, 2.45) is 11.8 Å². The van der Waals surface area contributed by atoms with E-state index in [1.165, 1.54) is 13.5 Å². The third-order valence-electron chi connectivity index (χ3n) is 8.48. The van der Waals surface area contributed by atoms with Gasteiger partial charge in [0.15, 0.2) is 0 Å². The highest BCUT2D eigenvalue weighted by Crippen LogP contribution is 2.29. The Labute approximate surface area is 263 Å². The predicted molar refractivity (Wildman–Crippen MR) is 171 cm³/mol. The first kappa shape index (κ1) is 33.3. The zero-order chi connectivity index (χ0) is 31.6. The van der Waals surface area contributed by atoms with Crippen molar-refractivity contribution in [2.75, 3.05) is 20.2 Å². The number of methoxy groups -OCH3 is 1. The maximum atomic E-state index is 14.1. The summed E-state index contributed by atoms with van der Waals surface area (Å²) >= 11 is 0.888. The number of nitrogens with one attached hydrogen (secondary N) is 3. The summed E-state index contributed by atoms with van der Waals surface area (Å²) in [6.45, 7) is 3.92. The van der Waals surface area contributed by atoms with Gasteiger partial charge in [-0.1, -0.05) is 76.3 Å². The molecule has 2 fully saturated rings. The molecule has 238 valence electrons. The minimum atomic E-state index is -0.746. The number of rotatable bonds is 11. The van der Waals surface area contributed by atoms with Gasteiger partial charge >= 0.3 is 5.97 Å². The number of carbonyl (C=O) groups is 5. The fourth-order valence-corrected chi connectivity index (χ4v) is 6.83. The van der Waals surface area contributed by atoms with Crippen LogP contribution in [0.4, 0.5) is 4.79 Å². The van der Waals surface area contributed by atoms with Gasteiger partial charge in [0.25, 0.3) is 11.1 Å². The Morgan fingerprint density at radius 2 is 1.66 bits per heavy atom. The number of benzene rings is 2. The fourth-order valence-electron chi connectivity index (χ4n) is 6.00. The summed E-state index contributed by atoms with van der Waals surface area (Å²) in [7, 11) is 1.24. The van der Waals surface area contributed by atoms with E-state index in [2.05, 4.69) is 20.7 Å². The van der Waals surface area contributed by atoms with E-state index < -0.39 is 28.7 Å². The van der Waals surface area contributed by atoms with Crippen molar-refractivity contribution in [1.82, 2.24) is 20.9 Å². The second-order valence-corrected chi connectivity index (χ2v) is 13.1.